The van der Waals surface area contributed by atoms with Gasteiger partial charge in [-0.15, -0.1) is 0 Å². The number of nitrogen functional groups attached to an aromatic ring is 1. The summed E-state index contributed by atoms with van der Waals surface area (Å²) in [4.78, 5) is 8.75. The molecule has 0 saturated carbocycles. The SMILES string of the molecule is Cc1cccc(S(=O)Cc2ncccn2)c1N. The number of hydrogen-bond acceptors (Lipinski definition) is 4. The Hall–Kier alpha value is -1.75. The molecule has 88 valence electrons. The van der Waals surface area contributed by atoms with Crippen molar-refractivity contribution < 1.29 is 4.21 Å². The van der Waals surface area contributed by atoms with Crippen LogP contribution in [0.25, 0.3) is 0 Å². The normalized spacial score (nSPS) is 12.3. The van der Waals surface area contributed by atoms with Crippen LogP contribution in [0.4, 0.5) is 5.69 Å². The first kappa shape index (κ1) is 11.7. The van der Waals surface area contributed by atoms with Crippen molar-refractivity contribution in [3.05, 3.63) is 48.0 Å². The Morgan fingerprint density at radius 2 is 1.94 bits per heavy atom. The van der Waals surface area contributed by atoms with Crippen LogP contribution in [0.5, 0.6) is 0 Å². The Labute approximate surface area is 102 Å². The maximum Gasteiger partial charge on any atom is 0.141 e. The fourth-order valence-corrected chi connectivity index (χ4v) is 2.63. The third-order valence-electron chi connectivity index (χ3n) is 2.41. The van der Waals surface area contributed by atoms with E-state index in [1.165, 1.54) is 0 Å². The van der Waals surface area contributed by atoms with Gasteiger partial charge in [0, 0.05) is 12.4 Å². The summed E-state index contributed by atoms with van der Waals surface area (Å²) in [5.41, 5.74) is 7.42. The van der Waals surface area contributed by atoms with Gasteiger partial charge >= 0.3 is 0 Å². The highest BCUT2D eigenvalue weighted by atomic mass is 32.2. The molecule has 0 amide bonds. The number of rotatable bonds is 3. The highest BCUT2D eigenvalue weighted by Crippen LogP contribution is 2.21. The molecular formula is C12H13N3OS. The molecule has 1 unspecified atom stereocenters. The molecule has 1 heterocycles. The molecule has 2 aromatic rings. The largest absolute Gasteiger partial charge is 0.398 e. The van der Waals surface area contributed by atoms with Gasteiger partial charge in [-0.2, -0.15) is 0 Å². The quantitative estimate of drug-likeness (QED) is 0.838. The Bertz CT molecular complexity index is 543. The molecule has 0 aliphatic rings. The van der Waals surface area contributed by atoms with Gasteiger partial charge in [-0.3, -0.25) is 4.21 Å². The molecule has 0 aliphatic carbocycles. The molecule has 0 aliphatic heterocycles. The van der Waals surface area contributed by atoms with Crippen molar-refractivity contribution in [2.24, 2.45) is 0 Å². The molecule has 17 heavy (non-hydrogen) atoms. The van der Waals surface area contributed by atoms with Crippen LogP contribution in [0.2, 0.25) is 0 Å². The van der Waals surface area contributed by atoms with Crippen LogP contribution in [0.3, 0.4) is 0 Å². The Morgan fingerprint density at radius 1 is 1.24 bits per heavy atom. The summed E-state index contributed by atoms with van der Waals surface area (Å²) in [6.07, 6.45) is 3.28. The molecule has 1 aromatic heterocycles. The lowest BCUT2D eigenvalue weighted by Gasteiger charge is -2.07. The minimum absolute atomic E-state index is 0.286. The van der Waals surface area contributed by atoms with Crippen molar-refractivity contribution in [1.82, 2.24) is 9.97 Å². The summed E-state index contributed by atoms with van der Waals surface area (Å²) in [6.45, 7) is 1.90. The highest BCUT2D eigenvalue weighted by molar-refractivity contribution is 7.84. The van der Waals surface area contributed by atoms with Crippen molar-refractivity contribution in [3.63, 3.8) is 0 Å². The van der Waals surface area contributed by atoms with Crippen LogP contribution in [-0.2, 0) is 16.6 Å². The zero-order chi connectivity index (χ0) is 12.3. The highest BCUT2D eigenvalue weighted by Gasteiger charge is 2.11. The molecule has 2 rings (SSSR count). The van der Waals surface area contributed by atoms with E-state index in [4.69, 9.17) is 5.73 Å². The minimum atomic E-state index is -1.21. The van der Waals surface area contributed by atoms with Crippen molar-refractivity contribution in [3.8, 4) is 0 Å². The van der Waals surface area contributed by atoms with Gasteiger partial charge in [-0.25, -0.2) is 9.97 Å². The van der Waals surface area contributed by atoms with Gasteiger partial charge in [-0.05, 0) is 24.6 Å². The Balaban J connectivity index is 2.24. The van der Waals surface area contributed by atoms with E-state index in [0.717, 1.165) is 5.56 Å². The predicted octanol–water partition coefficient (Wildman–Crippen LogP) is 1.68. The van der Waals surface area contributed by atoms with Gasteiger partial charge in [0.15, 0.2) is 0 Å². The third-order valence-corrected chi connectivity index (χ3v) is 3.78. The lowest BCUT2D eigenvalue weighted by Crippen LogP contribution is -2.04. The predicted molar refractivity (Wildman–Crippen MR) is 67.7 cm³/mol. The van der Waals surface area contributed by atoms with Crippen LogP contribution < -0.4 is 5.73 Å². The summed E-state index contributed by atoms with van der Waals surface area (Å²) < 4.78 is 12.1. The molecule has 1 atom stereocenters. The molecule has 4 nitrogen and oxygen atoms in total. The molecule has 0 saturated heterocycles. The molecular weight excluding hydrogens is 234 g/mol. The van der Waals surface area contributed by atoms with Gasteiger partial charge in [0.05, 0.1) is 27.1 Å². The number of nitrogens with zero attached hydrogens (tertiary/aromatic N) is 2. The van der Waals surface area contributed by atoms with Crippen LogP contribution in [-0.4, -0.2) is 14.2 Å². The maximum absolute atomic E-state index is 12.1. The number of nitrogens with two attached hydrogens (primary N) is 1. The molecule has 5 heteroatoms. The molecule has 1 aromatic carbocycles. The smallest absolute Gasteiger partial charge is 0.141 e. The van der Waals surface area contributed by atoms with Gasteiger partial charge in [0.25, 0.3) is 0 Å². The molecule has 0 spiro atoms. The lowest BCUT2D eigenvalue weighted by molar-refractivity contribution is 0.681. The van der Waals surface area contributed by atoms with E-state index in [-0.39, 0.29) is 5.75 Å². The van der Waals surface area contributed by atoms with Crippen LogP contribution >= 0.6 is 0 Å². The fraction of sp³-hybridized carbons (Fsp3) is 0.167. The number of aromatic nitrogens is 2. The zero-order valence-electron chi connectivity index (χ0n) is 9.46. The number of para-hydroxylation sites is 1. The summed E-state index contributed by atoms with van der Waals surface area (Å²) in [7, 11) is -1.21. The number of anilines is 1. The van der Waals surface area contributed by atoms with Crippen molar-refractivity contribution in [2.45, 2.75) is 17.6 Å². The monoisotopic (exact) mass is 247 g/mol. The summed E-state index contributed by atoms with van der Waals surface area (Å²) in [5.74, 6) is 0.848. The molecule has 0 fully saturated rings. The van der Waals surface area contributed by atoms with Crippen molar-refractivity contribution in [2.75, 3.05) is 5.73 Å². The van der Waals surface area contributed by atoms with Crippen LogP contribution in [0.15, 0.2) is 41.6 Å². The van der Waals surface area contributed by atoms with Gasteiger partial charge in [0.2, 0.25) is 0 Å². The van der Waals surface area contributed by atoms with E-state index >= 15 is 0 Å². The second-order valence-corrected chi connectivity index (χ2v) is 5.06. The Kier molecular flexibility index (Phi) is 3.49. The lowest BCUT2D eigenvalue weighted by atomic mass is 10.2. The number of aryl methyl sites for hydroxylation is 1. The zero-order valence-corrected chi connectivity index (χ0v) is 10.3. The van der Waals surface area contributed by atoms with E-state index in [2.05, 4.69) is 9.97 Å². The topological polar surface area (TPSA) is 68.9 Å². The second kappa shape index (κ2) is 5.05. The summed E-state index contributed by atoms with van der Waals surface area (Å²) in [5, 5.41) is 0. The third kappa shape index (κ3) is 2.68. The first-order chi connectivity index (χ1) is 8.18. The van der Waals surface area contributed by atoms with E-state index in [0.29, 0.717) is 16.4 Å². The van der Waals surface area contributed by atoms with E-state index in [9.17, 15) is 4.21 Å². The summed E-state index contributed by atoms with van der Waals surface area (Å²) in [6, 6.07) is 7.26. The standard InChI is InChI=1S/C12H13N3OS/c1-9-4-2-5-10(12(9)13)17(16)8-11-14-6-3-7-15-11/h2-7H,8,13H2,1H3. The average molecular weight is 247 g/mol. The minimum Gasteiger partial charge on any atom is -0.398 e. The maximum atomic E-state index is 12.1. The van der Waals surface area contributed by atoms with Crippen molar-refractivity contribution >= 4 is 16.5 Å². The van der Waals surface area contributed by atoms with Gasteiger partial charge < -0.3 is 5.73 Å². The first-order valence-corrected chi connectivity index (χ1v) is 6.49. The Morgan fingerprint density at radius 3 is 2.65 bits per heavy atom. The van der Waals surface area contributed by atoms with E-state index in [1.54, 1.807) is 24.5 Å². The number of benzene rings is 1. The molecule has 0 radical (unpaired) electrons. The fourth-order valence-electron chi connectivity index (χ4n) is 1.45. The van der Waals surface area contributed by atoms with Gasteiger partial charge in [-0.1, -0.05) is 12.1 Å². The van der Waals surface area contributed by atoms with E-state index in [1.807, 2.05) is 19.1 Å². The van der Waals surface area contributed by atoms with Gasteiger partial charge in [0.1, 0.15) is 5.82 Å². The first-order valence-electron chi connectivity index (χ1n) is 5.18. The molecule has 0 bridgehead atoms. The van der Waals surface area contributed by atoms with Crippen LogP contribution in [0, 0.1) is 6.92 Å². The average Bonchev–Trinajstić information content (AvgIpc) is 2.34. The number of hydrogen-bond donors (Lipinski definition) is 1. The summed E-state index contributed by atoms with van der Waals surface area (Å²) >= 11 is 0. The van der Waals surface area contributed by atoms with Crippen molar-refractivity contribution in [1.29, 1.82) is 0 Å². The molecule has 2 N–H and O–H groups in total. The van der Waals surface area contributed by atoms with Crippen LogP contribution in [0.1, 0.15) is 11.4 Å². The second-order valence-electron chi connectivity index (χ2n) is 3.64. The van der Waals surface area contributed by atoms with E-state index < -0.39 is 10.8 Å².